The standard InChI is InChI=1S/C24H24ClNO5S/c1-4-26(16-18-8-6-5-7-9-18)32(28,29)23-15-19(10-12-22(23)30-3)24(27)31-21-13-11-20(25)14-17(21)2/h5-15H,4,16H2,1-3H3. The van der Waals surface area contributed by atoms with Crippen molar-refractivity contribution in [2.24, 2.45) is 0 Å². The highest BCUT2D eigenvalue weighted by molar-refractivity contribution is 7.89. The summed E-state index contributed by atoms with van der Waals surface area (Å²) in [6, 6.07) is 18.4. The van der Waals surface area contributed by atoms with Gasteiger partial charge < -0.3 is 9.47 Å². The van der Waals surface area contributed by atoms with E-state index in [2.05, 4.69) is 0 Å². The van der Waals surface area contributed by atoms with Crippen molar-refractivity contribution < 1.29 is 22.7 Å². The van der Waals surface area contributed by atoms with Crippen LogP contribution in [0.25, 0.3) is 0 Å². The Labute approximate surface area is 193 Å². The molecular weight excluding hydrogens is 450 g/mol. The van der Waals surface area contributed by atoms with E-state index in [1.54, 1.807) is 32.0 Å². The van der Waals surface area contributed by atoms with Crippen molar-refractivity contribution in [3.05, 3.63) is 88.4 Å². The predicted octanol–water partition coefficient (Wildman–Crippen LogP) is 5.09. The van der Waals surface area contributed by atoms with E-state index >= 15 is 0 Å². The van der Waals surface area contributed by atoms with Gasteiger partial charge in [0, 0.05) is 18.1 Å². The molecule has 6 nitrogen and oxygen atoms in total. The van der Waals surface area contributed by atoms with Gasteiger partial charge in [-0.1, -0.05) is 48.9 Å². The SMILES string of the molecule is CCN(Cc1ccccc1)S(=O)(=O)c1cc(C(=O)Oc2ccc(Cl)cc2C)ccc1OC. The van der Waals surface area contributed by atoms with E-state index in [0.29, 0.717) is 16.3 Å². The van der Waals surface area contributed by atoms with Crippen molar-refractivity contribution in [2.75, 3.05) is 13.7 Å². The number of nitrogens with zero attached hydrogens (tertiary/aromatic N) is 1. The van der Waals surface area contributed by atoms with Crippen molar-refractivity contribution in [1.29, 1.82) is 0 Å². The molecule has 0 aliphatic rings. The molecule has 0 fully saturated rings. The van der Waals surface area contributed by atoms with Gasteiger partial charge in [-0.2, -0.15) is 4.31 Å². The molecule has 168 valence electrons. The van der Waals surface area contributed by atoms with E-state index < -0.39 is 16.0 Å². The fourth-order valence-corrected chi connectivity index (χ4v) is 5.03. The van der Waals surface area contributed by atoms with Gasteiger partial charge in [0.15, 0.2) is 0 Å². The molecule has 0 radical (unpaired) electrons. The lowest BCUT2D eigenvalue weighted by Crippen LogP contribution is -2.31. The Morgan fingerprint density at radius 3 is 2.31 bits per heavy atom. The molecule has 0 heterocycles. The van der Waals surface area contributed by atoms with Crippen LogP contribution < -0.4 is 9.47 Å². The number of methoxy groups -OCH3 is 1. The zero-order valence-corrected chi connectivity index (χ0v) is 19.6. The van der Waals surface area contributed by atoms with Crippen LogP contribution in [-0.4, -0.2) is 32.3 Å². The molecule has 0 aliphatic heterocycles. The minimum absolute atomic E-state index is 0.0921. The topological polar surface area (TPSA) is 72.9 Å². The van der Waals surface area contributed by atoms with Gasteiger partial charge in [-0.3, -0.25) is 0 Å². The number of esters is 1. The number of sulfonamides is 1. The summed E-state index contributed by atoms with van der Waals surface area (Å²) in [5, 5.41) is 0.526. The van der Waals surface area contributed by atoms with Crippen molar-refractivity contribution in [3.8, 4) is 11.5 Å². The van der Waals surface area contributed by atoms with Crippen LogP contribution in [0.4, 0.5) is 0 Å². The Hall–Kier alpha value is -2.87. The van der Waals surface area contributed by atoms with E-state index in [4.69, 9.17) is 21.1 Å². The molecule has 3 aromatic carbocycles. The fraction of sp³-hybridized carbons (Fsp3) is 0.208. The van der Waals surface area contributed by atoms with Crippen LogP contribution in [-0.2, 0) is 16.6 Å². The summed E-state index contributed by atoms with van der Waals surface area (Å²) in [5.41, 5.74) is 1.63. The molecule has 0 N–H and O–H groups in total. The summed E-state index contributed by atoms with van der Waals surface area (Å²) >= 11 is 5.95. The van der Waals surface area contributed by atoms with Crippen LogP contribution in [0.1, 0.15) is 28.4 Å². The number of hydrogen-bond donors (Lipinski definition) is 0. The number of hydrogen-bond acceptors (Lipinski definition) is 5. The fourth-order valence-electron chi connectivity index (χ4n) is 3.18. The van der Waals surface area contributed by atoms with Gasteiger partial charge in [0.2, 0.25) is 10.0 Å². The highest BCUT2D eigenvalue weighted by atomic mass is 35.5. The molecule has 3 aromatic rings. The van der Waals surface area contributed by atoms with Crippen molar-refractivity contribution in [2.45, 2.75) is 25.3 Å². The second-order valence-electron chi connectivity index (χ2n) is 7.08. The van der Waals surface area contributed by atoms with Gasteiger partial charge in [0.05, 0.1) is 12.7 Å². The third-order valence-electron chi connectivity index (χ3n) is 4.91. The Bertz CT molecular complexity index is 1210. The number of carbonyl (C=O) groups excluding carboxylic acids is 1. The van der Waals surface area contributed by atoms with E-state index in [-0.39, 0.29) is 29.3 Å². The van der Waals surface area contributed by atoms with Crippen molar-refractivity contribution >= 4 is 27.6 Å². The summed E-state index contributed by atoms with van der Waals surface area (Å²) in [5.74, 6) is -0.185. The maximum absolute atomic E-state index is 13.5. The second kappa shape index (κ2) is 10.2. The number of halogens is 1. The van der Waals surface area contributed by atoms with Crippen molar-refractivity contribution in [3.63, 3.8) is 0 Å². The number of ether oxygens (including phenoxy) is 2. The molecule has 0 bridgehead atoms. The number of rotatable bonds is 8. The van der Waals surface area contributed by atoms with Gasteiger partial charge >= 0.3 is 5.97 Å². The summed E-state index contributed by atoms with van der Waals surface area (Å²) in [4.78, 5) is 12.7. The zero-order valence-electron chi connectivity index (χ0n) is 18.0. The smallest absolute Gasteiger partial charge is 0.343 e. The minimum Gasteiger partial charge on any atom is -0.495 e. The molecule has 0 amide bonds. The van der Waals surface area contributed by atoms with E-state index in [1.807, 2.05) is 30.3 Å². The molecule has 0 saturated heterocycles. The first-order chi connectivity index (χ1) is 15.3. The first-order valence-corrected chi connectivity index (χ1v) is 11.8. The van der Waals surface area contributed by atoms with Crippen LogP contribution in [0, 0.1) is 6.92 Å². The van der Waals surface area contributed by atoms with Crippen LogP contribution in [0.2, 0.25) is 5.02 Å². The first-order valence-electron chi connectivity index (χ1n) is 9.96. The largest absolute Gasteiger partial charge is 0.495 e. The second-order valence-corrected chi connectivity index (χ2v) is 9.42. The normalized spacial score (nSPS) is 11.4. The Morgan fingerprint density at radius 2 is 1.69 bits per heavy atom. The zero-order chi connectivity index (χ0) is 23.3. The number of aryl methyl sites for hydroxylation is 1. The van der Waals surface area contributed by atoms with Gasteiger partial charge in [-0.05, 0) is 54.4 Å². The maximum atomic E-state index is 13.5. The molecule has 0 spiro atoms. The molecule has 3 rings (SSSR count). The Balaban J connectivity index is 1.94. The summed E-state index contributed by atoms with van der Waals surface area (Å²) < 4.78 is 39.0. The highest BCUT2D eigenvalue weighted by Gasteiger charge is 2.28. The quantitative estimate of drug-likeness (QED) is 0.336. The lowest BCUT2D eigenvalue weighted by molar-refractivity contribution is 0.0733. The highest BCUT2D eigenvalue weighted by Crippen LogP contribution is 2.30. The van der Waals surface area contributed by atoms with Gasteiger partial charge in [0.25, 0.3) is 0 Å². The lowest BCUT2D eigenvalue weighted by atomic mass is 10.2. The van der Waals surface area contributed by atoms with Gasteiger partial charge in [-0.15, -0.1) is 0 Å². The molecule has 0 aromatic heterocycles. The molecule has 0 atom stereocenters. The monoisotopic (exact) mass is 473 g/mol. The van der Waals surface area contributed by atoms with Crippen LogP contribution >= 0.6 is 11.6 Å². The molecule has 0 aliphatic carbocycles. The lowest BCUT2D eigenvalue weighted by Gasteiger charge is -2.22. The van der Waals surface area contributed by atoms with E-state index in [0.717, 1.165) is 5.56 Å². The molecular formula is C24H24ClNO5S. The number of carbonyl (C=O) groups is 1. The van der Waals surface area contributed by atoms with Crippen molar-refractivity contribution in [1.82, 2.24) is 4.31 Å². The van der Waals surface area contributed by atoms with Crippen LogP contribution in [0.5, 0.6) is 11.5 Å². The van der Waals surface area contributed by atoms with Crippen LogP contribution in [0.3, 0.4) is 0 Å². The van der Waals surface area contributed by atoms with Crippen LogP contribution in [0.15, 0.2) is 71.6 Å². The average molecular weight is 474 g/mol. The Kier molecular flexibility index (Phi) is 7.56. The molecule has 0 saturated carbocycles. The molecule has 8 heteroatoms. The Morgan fingerprint density at radius 1 is 1.00 bits per heavy atom. The molecule has 32 heavy (non-hydrogen) atoms. The third kappa shape index (κ3) is 5.30. The van der Waals surface area contributed by atoms with Gasteiger partial charge in [-0.25, -0.2) is 13.2 Å². The first kappa shape index (κ1) is 23.8. The summed E-state index contributed by atoms with van der Waals surface area (Å²) in [6.07, 6.45) is 0. The van der Waals surface area contributed by atoms with E-state index in [1.165, 1.54) is 29.6 Å². The summed E-state index contributed by atoms with van der Waals surface area (Å²) in [6.45, 7) is 3.97. The van der Waals surface area contributed by atoms with E-state index in [9.17, 15) is 13.2 Å². The molecule has 0 unspecified atom stereocenters. The summed E-state index contributed by atoms with van der Waals surface area (Å²) in [7, 11) is -2.57. The minimum atomic E-state index is -3.95. The third-order valence-corrected chi connectivity index (χ3v) is 7.09. The van der Waals surface area contributed by atoms with Gasteiger partial charge in [0.1, 0.15) is 16.4 Å². The average Bonchev–Trinajstić information content (AvgIpc) is 2.79. The maximum Gasteiger partial charge on any atom is 0.343 e. The number of benzene rings is 3. The predicted molar refractivity (Wildman–Crippen MR) is 124 cm³/mol.